The number of hydrogen-bond donors (Lipinski definition) is 1. The van der Waals surface area contributed by atoms with Gasteiger partial charge in [-0.3, -0.25) is 0 Å². The van der Waals surface area contributed by atoms with E-state index < -0.39 is 17.1 Å². The predicted molar refractivity (Wildman–Crippen MR) is 38.1 cm³/mol. The van der Waals surface area contributed by atoms with E-state index in [-0.39, 0.29) is 0 Å². The Labute approximate surface area is 64.8 Å². The number of hydrogen-bond acceptors (Lipinski definition) is 1. The number of nitrogens with two attached hydrogens (primary N) is 1. The first-order valence-corrected chi connectivity index (χ1v) is 3.36. The first kappa shape index (κ1) is 10.8. The van der Waals surface area contributed by atoms with E-state index in [9.17, 15) is 13.2 Å². The van der Waals surface area contributed by atoms with Crippen molar-refractivity contribution in [3.63, 3.8) is 0 Å². The zero-order valence-corrected chi connectivity index (χ0v) is 7.21. The molecule has 0 amide bonds. The molecule has 1 unspecified atom stereocenters. The second-order valence-electron chi connectivity index (χ2n) is 3.95. The Bertz CT molecular complexity index is 125. The predicted octanol–water partition coefficient (Wildman–Crippen LogP) is 2.31. The van der Waals surface area contributed by atoms with Crippen LogP contribution in [0.2, 0.25) is 0 Å². The maximum atomic E-state index is 12.2. The third-order valence-corrected chi connectivity index (χ3v) is 2.15. The second kappa shape index (κ2) is 2.37. The van der Waals surface area contributed by atoms with Crippen molar-refractivity contribution in [3.8, 4) is 0 Å². The summed E-state index contributed by atoms with van der Waals surface area (Å²) in [7, 11) is 0. The SMILES string of the molecule is CC(C)(C)C(C)(N)C(F)(F)F. The Morgan fingerprint density at radius 3 is 1.18 bits per heavy atom. The molecule has 0 aromatic rings. The normalized spacial score (nSPS) is 19.6. The molecule has 0 saturated carbocycles. The molecule has 0 spiro atoms. The van der Waals surface area contributed by atoms with Gasteiger partial charge in [0, 0.05) is 0 Å². The van der Waals surface area contributed by atoms with Crippen molar-refractivity contribution < 1.29 is 13.2 Å². The van der Waals surface area contributed by atoms with Gasteiger partial charge in [-0.05, 0) is 12.3 Å². The first-order chi connectivity index (χ1) is 4.50. The molecule has 0 aliphatic heterocycles. The Morgan fingerprint density at radius 2 is 1.18 bits per heavy atom. The van der Waals surface area contributed by atoms with Gasteiger partial charge in [0.2, 0.25) is 0 Å². The molecule has 0 aromatic heterocycles. The van der Waals surface area contributed by atoms with Crippen molar-refractivity contribution in [1.82, 2.24) is 0 Å². The maximum Gasteiger partial charge on any atom is 0.406 e. The van der Waals surface area contributed by atoms with E-state index in [1.807, 2.05) is 0 Å². The standard InChI is InChI=1S/C7H14F3N/c1-5(2,3)6(4,11)7(8,9)10/h11H2,1-4H3. The van der Waals surface area contributed by atoms with Crippen LogP contribution in [0.15, 0.2) is 0 Å². The molecule has 0 radical (unpaired) electrons. The third-order valence-electron chi connectivity index (χ3n) is 2.15. The molecule has 0 aliphatic carbocycles. The molecule has 1 nitrogen and oxygen atoms in total. The topological polar surface area (TPSA) is 26.0 Å². The molecule has 0 heterocycles. The molecule has 2 N–H and O–H groups in total. The van der Waals surface area contributed by atoms with Gasteiger partial charge in [0.25, 0.3) is 0 Å². The van der Waals surface area contributed by atoms with Crippen LogP contribution in [-0.2, 0) is 0 Å². The second-order valence-corrected chi connectivity index (χ2v) is 3.95. The van der Waals surface area contributed by atoms with E-state index in [1.54, 1.807) is 0 Å². The fourth-order valence-corrected chi connectivity index (χ4v) is 0.425. The van der Waals surface area contributed by atoms with Crippen molar-refractivity contribution in [2.45, 2.75) is 39.4 Å². The van der Waals surface area contributed by atoms with Crippen molar-refractivity contribution in [2.75, 3.05) is 0 Å². The smallest absolute Gasteiger partial charge is 0.317 e. The van der Waals surface area contributed by atoms with Gasteiger partial charge in [-0.1, -0.05) is 20.8 Å². The van der Waals surface area contributed by atoms with Crippen LogP contribution in [-0.4, -0.2) is 11.7 Å². The lowest BCUT2D eigenvalue weighted by atomic mass is 9.75. The lowest BCUT2D eigenvalue weighted by molar-refractivity contribution is -0.207. The molecule has 0 fully saturated rings. The Hall–Kier alpha value is -0.250. The molecule has 68 valence electrons. The van der Waals surface area contributed by atoms with Gasteiger partial charge < -0.3 is 5.73 Å². The average molecular weight is 169 g/mol. The highest BCUT2D eigenvalue weighted by Crippen LogP contribution is 2.40. The van der Waals surface area contributed by atoms with Crippen LogP contribution >= 0.6 is 0 Å². The fourth-order valence-electron chi connectivity index (χ4n) is 0.425. The van der Waals surface area contributed by atoms with Gasteiger partial charge in [-0.15, -0.1) is 0 Å². The summed E-state index contributed by atoms with van der Waals surface area (Å²) >= 11 is 0. The summed E-state index contributed by atoms with van der Waals surface area (Å²) < 4.78 is 36.6. The Morgan fingerprint density at radius 1 is 0.909 bits per heavy atom. The van der Waals surface area contributed by atoms with E-state index in [2.05, 4.69) is 0 Å². The highest BCUT2D eigenvalue weighted by atomic mass is 19.4. The molecular formula is C7H14F3N. The number of rotatable bonds is 0. The monoisotopic (exact) mass is 169 g/mol. The molecule has 0 aromatic carbocycles. The van der Waals surface area contributed by atoms with Crippen LogP contribution in [0, 0.1) is 5.41 Å². The molecule has 4 heteroatoms. The number of alkyl halides is 3. The summed E-state index contributed by atoms with van der Waals surface area (Å²) in [4.78, 5) is 0. The zero-order valence-electron chi connectivity index (χ0n) is 7.21. The van der Waals surface area contributed by atoms with E-state index >= 15 is 0 Å². The van der Waals surface area contributed by atoms with Gasteiger partial charge in [-0.25, -0.2) is 0 Å². The highest BCUT2D eigenvalue weighted by molar-refractivity contribution is 4.97. The Kier molecular flexibility index (Phi) is 2.32. The summed E-state index contributed by atoms with van der Waals surface area (Å²) in [5, 5.41) is 0. The minimum absolute atomic E-state index is 0.967. The van der Waals surface area contributed by atoms with Gasteiger partial charge in [0.05, 0.1) is 0 Å². The van der Waals surface area contributed by atoms with Crippen molar-refractivity contribution in [2.24, 2.45) is 11.1 Å². The quantitative estimate of drug-likeness (QED) is 0.591. The first-order valence-electron chi connectivity index (χ1n) is 3.36. The van der Waals surface area contributed by atoms with E-state index in [0.717, 1.165) is 6.92 Å². The minimum Gasteiger partial charge on any atom is -0.317 e. The molecule has 0 bridgehead atoms. The van der Waals surface area contributed by atoms with Crippen LogP contribution in [0.1, 0.15) is 27.7 Å². The van der Waals surface area contributed by atoms with Crippen molar-refractivity contribution in [3.05, 3.63) is 0 Å². The summed E-state index contributed by atoms with van der Waals surface area (Å²) in [6, 6.07) is 0. The van der Waals surface area contributed by atoms with Crippen LogP contribution in [0.3, 0.4) is 0 Å². The lowest BCUT2D eigenvalue weighted by Gasteiger charge is -2.39. The van der Waals surface area contributed by atoms with Gasteiger partial charge in [0.1, 0.15) is 5.54 Å². The zero-order chi connectivity index (χ0) is 9.50. The van der Waals surface area contributed by atoms with Crippen LogP contribution < -0.4 is 5.73 Å². The fraction of sp³-hybridized carbons (Fsp3) is 1.00. The molecule has 0 rings (SSSR count). The summed E-state index contributed by atoms with van der Waals surface area (Å²) in [6.45, 7) is 5.43. The van der Waals surface area contributed by atoms with Crippen LogP contribution in [0.5, 0.6) is 0 Å². The molecule has 11 heavy (non-hydrogen) atoms. The average Bonchev–Trinajstić information content (AvgIpc) is 1.58. The van der Waals surface area contributed by atoms with E-state index in [0.29, 0.717) is 0 Å². The summed E-state index contributed by atoms with van der Waals surface area (Å²) in [6.07, 6.45) is -4.34. The molecule has 0 aliphatic rings. The van der Waals surface area contributed by atoms with Crippen molar-refractivity contribution >= 4 is 0 Å². The number of halogens is 3. The summed E-state index contributed by atoms with van der Waals surface area (Å²) in [5.41, 5.74) is 2.05. The van der Waals surface area contributed by atoms with Crippen molar-refractivity contribution in [1.29, 1.82) is 0 Å². The Balaban J connectivity index is 4.75. The molecule has 1 atom stereocenters. The van der Waals surface area contributed by atoms with Gasteiger partial charge >= 0.3 is 6.18 Å². The van der Waals surface area contributed by atoms with Gasteiger partial charge in [-0.2, -0.15) is 13.2 Å². The molecule has 0 saturated heterocycles. The van der Waals surface area contributed by atoms with Crippen LogP contribution in [0.25, 0.3) is 0 Å². The van der Waals surface area contributed by atoms with Crippen LogP contribution in [0.4, 0.5) is 13.2 Å². The minimum atomic E-state index is -4.34. The summed E-state index contributed by atoms with van der Waals surface area (Å²) in [5.74, 6) is 0. The van der Waals surface area contributed by atoms with Gasteiger partial charge in [0.15, 0.2) is 0 Å². The highest BCUT2D eigenvalue weighted by Gasteiger charge is 2.55. The van der Waals surface area contributed by atoms with E-state index in [1.165, 1.54) is 20.8 Å². The largest absolute Gasteiger partial charge is 0.406 e. The lowest BCUT2D eigenvalue weighted by Crippen LogP contribution is -2.59. The van der Waals surface area contributed by atoms with E-state index in [4.69, 9.17) is 5.73 Å². The molecular weight excluding hydrogens is 155 g/mol. The maximum absolute atomic E-state index is 12.2. The third kappa shape index (κ3) is 1.86.